The second-order valence-electron chi connectivity index (χ2n) is 11.4. The predicted molar refractivity (Wildman–Crippen MR) is 184 cm³/mol. The van der Waals surface area contributed by atoms with Gasteiger partial charge in [-0.2, -0.15) is 0 Å². The smallest absolute Gasteiger partial charge is 0.338 e. The van der Waals surface area contributed by atoms with E-state index < -0.39 is 12.0 Å². The van der Waals surface area contributed by atoms with Crippen molar-refractivity contribution in [2.24, 2.45) is 4.99 Å². The molecule has 0 saturated carbocycles. The minimum Gasteiger partial charge on any atom is -0.493 e. The number of nitrogens with zero attached hydrogens (tertiary/aromatic N) is 2. The van der Waals surface area contributed by atoms with Gasteiger partial charge in [0.1, 0.15) is 18.4 Å². The van der Waals surface area contributed by atoms with Crippen molar-refractivity contribution in [1.82, 2.24) is 4.57 Å². The van der Waals surface area contributed by atoms with Crippen LogP contribution in [0.25, 0.3) is 16.8 Å². The molecular formula is C38H36N2O6S. The Morgan fingerprint density at radius 2 is 1.72 bits per heavy atom. The summed E-state index contributed by atoms with van der Waals surface area (Å²) < 4.78 is 25.4. The number of thiazole rings is 1. The van der Waals surface area contributed by atoms with Crippen LogP contribution in [0.3, 0.4) is 0 Å². The predicted octanol–water partition coefficient (Wildman–Crippen LogP) is 6.33. The molecule has 9 heteroatoms. The summed E-state index contributed by atoms with van der Waals surface area (Å²) in [5, 5.41) is 2.33. The first kappa shape index (κ1) is 31.8. The lowest BCUT2D eigenvalue weighted by molar-refractivity contribution is -0.139. The van der Waals surface area contributed by atoms with Crippen molar-refractivity contribution in [2.45, 2.75) is 46.4 Å². The van der Waals surface area contributed by atoms with E-state index in [9.17, 15) is 9.59 Å². The molecule has 47 heavy (non-hydrogen) atoms. The third-order valence-corrected chi connectivity index (χ3v) is 8.77. The van der Waals surface area contributed by atoms with Gasteiger partial charge in [0.2, 0.25) is 0 Å². The van der Waals surface area contributed by atoms with E-state index in [-0.39, 0.29) is 18.3 Å². The van der Waals surface area contributed by atoms with Gasteiger partial charge in [-0.1, -0.05) is 72.0 Å². The highest BCUT2D eigenvalue weighted by atomic mass is 32.1. The zero-order valence-electron chi connectivity index (χ0n) is 27.0. The van der Waals surface area contributed by atoms with E-state index in [1.165, 1.54) is 16.7 Å². The van der Waals surface area contributed by atoms with Crippen LogP contribution in [-0.4, -0.2) is 30.4 Å². The first-order chi connectivity index (χ1) is 22.8. The lowest BCUT2D eigenvalue weighted by atomic mass is 9.95. The number of allylic oxidation sites excluding steroid dienone is 1. The number of methoxy groups -OCH3 is 1. The van der Waals surface area contributed by atoms with Crippen LogP contribution in [0.1, 0.15) is 50.4 Å². The lowest BCUT2D eigenvalue weighted by Gasteiger charge is -2.26. The normalized spacial score (nSPS) is 14.6. The summed E-state index contributed by atoms with van der Waals surface area (Å²) >= 11 is 1.26. The van der Waals surface area contributed by atoms with Crippen LogP contribution in [-0.2, 0) is 16.1 Å². The molecule has 0 aliphatic carbocycles. The summed E-state index contributed by atoms with van der Waals surface area (Å²) in [6.45, 7) is 7.96. The summed E-state index contributed by atoms with van der Waals surface area (Å²) in [4.78, 5) is 32.7. The minimum atomic E-state index is -0.775. The summed E-state index contributed by atoms with van der Waals surface area (Å²) in [6.07, 6.45) is 1.69. The third kappa shape index (κ3) is 6.57. The van der Waals surface area contributed by atoms with E-state index in [4.69, 9.17) is 23.9 Å². The Morgan fingerprint density at radius 1 is 0.957 bits per heavy atom. The zero-order valence-corrected chi connectivity index (χ0v) is 27.8. The summed E-state index contributed by atoms with van der Waals surface area (Å²) in [7, 11) is 1.59. The van der Waals surface area contributed by atoms with Crippen LogP contribution >= 0.6 is 11.3 Å². The van der Waals surface area contributed by atoms with Gasteiger partial charge in [-0.25, -0.2) is 9.79 Å². The summed E-state index contributed by atoms with van der Waals surface area (Å²) in [5.41, 5.74) is 3.01. The third-order valence-electron chi connectivity index (χ3n) is 7.79. The number of hydrogen-bond donors (Lipinski definition) is 0. The van der Waals surface area contributed by atoms with Crippen molar-refractivity contribution in [2.75, 3.05) is 13.7 Å². The molecule has 240 valence electrons. The number of hydrogen-bond acceptors (Lipinski definition) is 8. The van der Waals surface area contributed by atoms with Crippen LogP contribution in [0, 0.1) is 0 Å². The van der Waals surface area contributed by atoms with Crippen molar-refractivity contribution in [1.29, 1.82) is 0 Å². The van der Waals surface area contributed by atoms with Gasteiger partial charge in [0, 0.05) is 5.56 Å². The molecule has 0 unspecified atom stereocenters. The zero-order chi connectivity index (χ0) is 33.1. The van der Waals surface area contributed by atoms with Crippen molar-refractivity contribution >= 4 is 34.2 Å². The Kier molecular flexibility index (Phi) is 9.26. The highest BCUT2D eigenvalue weighted by Gasteiger charge is 2.35. The van der Waals surface area contributed by atoms with Crippen molar-refractivity contribution in [3.05, 3.63) is 133 Å². The monoisotopic (exact) mass is 648 g/mol. The molecule has 1 atom stereocenters. The average Bonchev–Trinajstić information content (AvgIpc) is 3.37. The fraction of sp³-hybridized carbons (Fsp3) is 0.237. The molecule has 1 aromatic heterocycles. The fourth-order valence-corrected chi connectivity index (χ4v) is 6.73. The Balaban J connectivity index is 1.37. The molecule has 0 amide bonds. The number of para-hydroxylation sites is 1. The molecule has 0 saturated heterocycles. The molecule has 0 N–H and O–H groups in total. The standard InChI is InChI=1S/C38H36N2O6S/c1-6-44-37(42)34-24(4)39-38-40(35(34)29-13-9-10-14-30(29)46-23(2)3)36(41)33(47-38)21-25-16-18-31(32(20-25)43-5)45-22-26-15-17-27-11-7-8-12-28(27)19-26/h7-21,23,35H,6,22H2,1-5H3/b33-21+/t35-/m1/s1. The molecule has 0 spiro atoms. The Morgan fingerprint density at radius 3 is 2.49 bits per heavy atom. The van der Waals surface area contributed by atoms with E-state index >= 15 is 0 Å². The van der Waals surface area contributed by atoms with E-state index in [1.54, 1.807) is 31.6 Å². The fourth-order valence-electron chi connectivity index (χ4n) is 5.69. The highest BCUT2D eigenvalue weighted by Crippen LogP contribution is 2.36. The first-order valence-corrected chi connectivity index (χ1v) is 16.3. The van der Waals surface area contributed by atoms with Gasteiger partial charge in [0.15, 0.2) is 16.3 Å². The number of benzene rings is 4. The summed E-state index contributed by atoms with van der Waals surface area (Å²) in [5.74, 6) is 1.21. The maximum absolute atomic E-state index is 14.2. The van der Waals surface area contributed by atoms with Gasteiger partial charge < -0.3 is 18.9 Å². The molecule has 0 fully saturated rings. The largest absolute Gasteiger partial charge is 0.493 e. The van der Waals surface area contributed by atoms with Gasteiger partial charge in [-0.15, -0.1) is 0 Å². The van der Waals surface area contributed by atoms with Crippen LogP contribution in [0.5, 0.6) is 17.2 Å². The van der Waals surface area contributed by atoms with Gasteiger partial charge in [-0.3, -0.25) is 9.36 Å². The molecule has 5 aromatic rings. The van der Waals surface area contributed by atoms with Crippen molar-refractivity contribution < 1.29 is 23.7 Å². The van der Waals surface area contributed by atoms with Crippen molar-refractivity contribution in [3.8, 4) is 17.2 Å². The topological polar surface area (TPSA) is 88.4 Å². The molecule has 2 heterocycles. The first-order valence-electron chi connectivity index (χ1n) is 15.5. The van der Waals surface area contributed by atoms with E-state index in [0.29, 0.717) is 50.0 Å². The van der Waals surface area contributed by atoms with Crippen LogP contribution in [0.4, 0.5) is 0 Å². The van der Waals surface area contributed by atoms with Gasteiger partial charge in [-0.05, 0) is 79.9 Å². The number of carbonyl (C=O) groups is 1. The van der Waals surface area contributed by atoms with E-state index in [0.717, 1.165) is 16.5 Å². The quantitative estimate of drug-likeness (QED) is 0.165. The Labute approximate surface area is 276 Å². The SMILES string of the molecule is CCOC(=O)C1=C(C)N=c2s/c(=C/c3ccc(OCc4ccc5ccccc5c4)c(OC)c3)c(=O)n2[C@@H]1c1ccccc1OC(C)C. The lowest BCUT2D eigenvalue weighted by Crippen LogP contribution is -2.40. The molecule has 1 aliphatic heterocycles. The minimum absolute atomic E-state index is 0.113. The molecule has 8 nitrogen and oxygen atoms in total. The van der Waals surface area contributed by atoms with Gasteiger partial charge in [0.05, 0.1) is 35.6 Å². The average molecular weight is 649 g/mol. The van der Waals surface area contributed by atoms with E-state index in [2.05, 4.69) is 30.3 Å². The van der Waals surface area contributed by atoms with Crippen LogP contribution in [0.2, 0.25) is 0 Å². The molecule has 0 bridgehead atoms. The number of carbonyl (C=O) groups excluding carboxylic acids is 1. The maximum atomic E-state index is 14.2. The van der Waals surface area contributed by atoms with Gasteiger partial charge >= 0.3 is 5.97 Å². The summed E-state index contributed by atoms with van der Waals surface area (Å²) in [6, 6.07) is 26.7. The maximum Gasteiger partial charge on any atom is 0.338 e. The number of fused-ring (bicyclic) bond motifs is 2. The molecule has 6 rings (SSSR count). The number of esters is 1. The van der Waals surface area contributed by atoms with Crippen LogP contribution in [0.15, 0.2) is 106 Å². The second kappa shape index (κ2) is 13.7. The molecule has 1 aliphatic rings. The molecular weight excluding hydrogens is 612 g/mol. The van der Waals surface area contributed by atoms with Crippen LogP contribution < -0.4 is 29.1 Å². The van der Waals surface area contributed by atoms with Gasteiger partial charge in [0.25, 0.3) is 5.56 Å². The number of aromatic nitrogens is 1. The van der Waals surface area contributed by atoms with E-state index in [1.807, 2.05) is 68.4 Å². The molecule has 4 aromatic carbocycles. The molecule has 0 radical (unpaired) electrons. The highest BCUT2D eigenvalue weighted by molar-refractivity contribution is 7.07. The van der Waals surface area contributed by atoms with Crippen molar-refractivity contribution in [3.63, 3.8) is 0 Å². The Hall–Kier alpha value is -5.15. The number of ether oxygens (including phenoxy) is 4. The Bertz CT molecular complexity index is 2180. The number of rotatable bonds is 10. The second-order valence-corrected chi connectivity index (χ2v) is 12.4.